The van der Waals surface area contributed by atoms with Crippen molar-refractivity contribution in [3.63, 3.8) is 0 Å². The van der Waals surface area contributed by atoms with Crippen LogP contribution in [0.2, 0.25) is 0 Å². The number of carbonyl (C=O) groups is 1. The van der Waals surface area contributed by atoms with Gasteiger partial charge in [0.15, 0.2) is 0 Å². The molecule has 1 aromatic heterocycles. The predicted octanol–water partition coefficient (Wildman–Crippen LogP) is 3.60. The third-order valence-corrected chi connectivity index (χ3v) is 5.03. The van der Waals surface area contributed by atoms with Crippen molar-refractivity contribution in [2.45, 2.75) is 25.9 Å². The first-order chi connectivity index (χ1) is 13.3. The van der Waals surface area contributed by atoms with Crippen molar-refractivity contribution in [2.24, 2.45) is 0 Å². The molecule has 138 valence electrons. The molecule has 0 atom stereocenters. The Morgan fingerprint density at radius 2 is 1.70 bits per heavy atom. The molecule has 2 heterocycles. The lowest BCUT2D eigenvalue weighted by molar-refractivity contribution is 0.0951. The lowest BCUT2D eigenvalue weighted by Gasteiger charge is -2.14. The highest BCUT2D eigenvalue weighted by Crippen LogP contribution is 2.20. The average Bonchev–Trinajstić information content (AvgIpc) is 3.40. The molecular formula is C22H24N4O. The average molecular weight is 360 g/mol. The zero-order chi connectivity index (χ0) is 18.5. The van der Waals surface area contributed by atoms with Gasteiger partial charge < -0.3 is 5.32 Å². The summed E-state index contributed by atoms with van der Waals surface area (Å²) < 4.78 is 0. The summed E-state index contributed by atoms with van der Waals surface area (Å²) in [6.07, 6.45) is 4.20. The maximum atomic E-state index is 12.6. The number of hydrogen-bond acceptors (Lipinski definition) is 3. The van der Waals surface area contributed by atoms with Crippen LogP contribution in [0.4, 0.5) is 0 Å². The normalized spacial score (nSPS) is 14.4. The van der Waals surface area contributed by atoms with Crippen LogP contribution in [-0.4, -0.2) is 34.1 Å². The maximum Gasteiger partial charge on any atom is 0.255 e. The number of benzene rings is 2. The summed E-state index contributed by atoms with van der Waals surface area (Å²) in [7, 11) is 0. The number of rotatable bonds is 6. The highest BCUT2D eigenvalue weighted by atomic mass is 16.1. The van der Waals surface area contributed by atoms with Crippen molar-refractivity contribution in [1.82, 2.24) is 20.4 Å². The standard InChI is InChI=1S/C22H24N4O/c27-22(20-15-24-25-21(20)19-6-2-1-3-7-19)23-14-17-8-10-18(11-9-17)16-26-12-4-5-13-26/h1-3,6-11,15H,4-5,12-14,16H2,(H,23,27)(H,24,25). The zero-order valence-electron chi connectivity index (χ0n) is 15.3. The zero-order valence-corrected chi connectivity index (χ0v) is 15.3. The van der Waals surface area contributed by atoms with Crippen LogP contribution < -0.4 is 5.32 Å². The Kier molecular flexibility index (Phi) is 5.30. The third kappa shape index (κ3) is 4.26. The predicted molar refractivity (Wildman–Crippen MR) is 106 cm³/mol. The van der Waals surface area contributed by atoms with E-state index in [0.717, 1.165) is 23.4 Å². The van der Waals surface area contributed by atoms with Crippen molar-refractivity contribution in [1.29, 1.82) is 0 Å². The SMILES string of the molecule is O=C(NCc1ccc(CN2CCCC2)cc1)c1cn[nH]c1-c1ccccc1. The van der Waals surface area contributed by atoms with Gasteiger partial charge >= 0.3 is 0 Å². The van der Waals surface area contributed by atoms with Gasteiger partial charge in [-0.15, -0.1) is 0 Å². The quantitative estimate of drug-likeness (QED) is 0.706. The molecule has 1 fully saturated rings. The molecular weight excluding hydrogens is 336 g/mol. The fourth-order valence-electron chi connectivity index (χ4n) is 3.52. The summed E-state index contributed by atoms with van der Waals surface area (Å²) in [6, 6.07) is 18.3. The summed E-state index contributed by atoms with van der Waals surface area (Å²) in [6.45, 7) is 3.92. The van der Waals surface area contributed by atoms with Gasteiger partial charge in [-0.3, -0.25) is 14.8 Å². The van der Waals surface area contributed by atoms with E-state index in [0.29, 0.717) is 12.1 Å². The minimum Gasteiger partial charge on any atom is -0.348 e. The highest BCUT2D eigenvalue weighted by molar-refractivity contribution is 5.99. The van der Waals surface area contributed by atoms with E-state index in [4.69, 9.17) is 0 Å². The van der Waals surface area contributed by atoms with E-state index in [2.05, 4.69) is 44.7 Å². The fourth-order valence-corrected chi connectivity index (χ4v) is 3.52. The van der Waals surface area contributed by atoms with Crippen molar-refractivity contribution in [3.05, 3.63) is 77.5 Å². The Morgan fingerprint density at radius 1 is 1.00 bits per heavy atom. The van der Waals surface area contributed by atoms with Crippen LogP contribution in [-0.2, 0) is 13.1 Å². The Bertz CT molecular complexity index is 880. The summed E-state index contributed by atoms with van der Waals surface area (Å²) in [5, 5.41) is 9.97. The second-order valence-electron chi connectivity index (χ2n) is 7.01. The molecule has 2 aromatic carbocycles. The Balaban J connectivity index is 1.36. The van der Waals surface area contributed by atoms with Gasteiger partial charge in [0.1, 0.15) is 0 Å². The van der Waals surface area contributed by atoms with Crippen LogP contribution >= 0.6 is 0 Å². The molecule has 27 heavy (non-hydrogen) atoms. The number of nitrogens with one attached hydrogen (secondary N) is 2. The minimum atomic E-state index is -0.122. The molecule has 4 rings (SSSR count). The summed E-state index contributed by atoms with van der Waals surface area (Å²) in [5.41, 5.74) is 4.68. The Morgan fingerprint density at radius 3 is 2.44 bits per heavy atom. The first-order valence-corrected chi connectivity index (χ1v) is 9.47. The van der Waals surface area contributed by atoms with Gasteiger partial charge in [-0.05, 0) is 37.1 Å². The molecule has 1 aliphatic heterocycles. The molecule has 0 saturated carbocycles. The van der Waals surface area contributed by atoms with E-state index in [1.165, 1.54) is 31.5 Å². The van der Waals surface area contributed by atoms with Gasteiger partial charge in [-0.2, -0.15) is 5.10 Å². The summed E-state index contributed by atoms with van der Waals surface area (Å²) >= 11 is 0. The number of aromatic nitrogens is 2. The van der Waals surface area contributed by atoms with Gasteiger partial charge in [-0.1, -0.05) is 54.6 Å². The lowest BCUT2D eigenvalue weighted by atomic mass is 10.1. The van der Waals surface area contributed by atoms with E-state index in [1.807, 2.05) is 30.3 Å². The molecule has 5 heteroatoms. The first-order valence-electron chi connectivity index (χ1n) is 9.47. The molecule has 0 aliphatic carbocycles. The monoisotopic (exact) mass is 360 g/mol. The topological polar surface area (TPSA) is 61.0 Å². The number of hydrogen-bond donors (Lipinski definition) is 2. The molecule has 5 nitrogen and oxygen atoms in total. The van der Waals surface area contributed by atoms with Crippen LogP contribution in [0.25, 0.3) is 11.3 Å². The van der Waals surface area contributed by atoms with Gasteiger partial charge in [0.25, 0.3) is 5.91 Å². The van der Waals surface area contributed by atoms with E-state index >= 15 is 0 Å². The minimum absolute atomic E-state index is 0.122. The van der Waals surface area contributed by atoms with E-state index in [-0.39, 0.29) is 5.91 Å². The molecule has 1 amide bonds. The Labute approximate surface area is 159 Å². The molecule has 1 saturated heterocycles. The molecule has 0 spiro atoms. The number of likely N-dealkylation sites (tertiary alicyclic amines) is 1. The number of aromatic amines is 1. The lowest BCUT2D eigenvalue weighted by Crippen LogP contribution is -2.23. The van der Waals surface area contributed by atoms with Crippen molar-refractivity contribution in [2.75, 3.05) is 13.1 Å². The first kappa shape index (κ1) is 17.5. The van der Waals surface area contributed by atoms with Gasteiger partial charge in [0, 0.05) is 18.7 Å². The molecule has 0 unspecified atom stereocenters. The largest absolute Gasteiger partial charge is 0.348 e. The van der Waals surface area contributed by atoms with E-state index in [9.17, 15) is 4.79 Å². The van der Waals surface area contributed by atoms with E-state index in [1.54, 1.807) is 6.20 Å². The van der Waals surface area contributed by atoms with Gasteiger partial charge in [0.2, 0.25) is 0 Å². The molecule has 1 aliphatic rings. The Hall–Kier alpha value is -2.92. The number of H-pyrrole nitrogens is 1. The fraction of sp³-hybridized carbons (Fsp3) is 0.273. The summed E-state index contributed by atoms with van der Waals surface area (Å²) in [5.74, 6) is -0.122. The third-order valence-electron chi connectivity index (χ3n) is 5.03. The maximum absolute atomic E-state index is 12.6. The molecule has 0 bridgehead atoms. The smallest absolute Gasteiger partial charge is 0.255 e. The molecule has 0 radical (unpaired) electrons. The second kappa shape index (κ2) is 8.18. The van der Waals surface area contributed by atoms with Crippen LogP contribution in [0.15, 0.2) is 60.8 Å². The number of carbonyl (C=O) groups excluding carboxylic acids is 1. The molecule has 2 N–H and O–H groups in total. The number of nitrogens with zero attached hydrogens (tertiary/aromatic N) is 2. The van der Waals surface area contributed by atoms with Gasteiger partial charge in [-0.25, -0.2) is 0 Å². The summed E-state index contributed by atoms with van der Waals surface area (Å²) in [4.78, 5) is 15.1. The van der Waals surface area contributed by atoms with Crippen molar-refractivity contribution in [3.8, 4) is 11.3 Å². The van der Waals surface area contributed by atoms with Crippen molar-refractivity contribution >= 4 is 5.91 Å². The number of amides is 1. The van der Waals surface area contributed by atoms with Crippen LogP contribution in [0.3, 0.4) is 0 Å². The van der Waals surface area contributed by atoms with Crippen LogP contribution in [0.1, 0.15) is 34.3 Å². The van der Waals surface area contributed by atoms with Crippen LogP contribution in [0.5, 0.6) is 0 Å². The van der Waals surface area contributed by atoms with E-state index < -0.39 is 0 Å². The second-order valence-corrected chi connectivity index (χ2v) is 7.01. The van der Waals surface area contributed by atoms with Gasteiger partial charge in [0.05, 0.1) is 17.5 Å². The molecule has 3 aromatic rings. The van der Waals surface area contributed by atoms with Crippen molar-refractivity contribution < 1.29 is 4.79 Å². The van der Waals surface area contributed by atoms with Crippen LogP contribution in [0, 0.1) is 0 Å². The highest BCUT2D eigenvalue weighted by Gasteiger charge is 2.15.